The molecule has 0 aliphatic carbocycles. The maximum atomic E-state index is 12.1. The predicted octanol–water partition coefficient (Wildman–Crippen LogP) is 4.57. The van der Waals surface area contributed by atoms with Crippen molar-refractivity contribution in [2.24, 2.45) is 5.10 Å². The van der Waals surface area contributed by atoms with Crippen LogP contribution in [0.1, 0.15) is 12.0 Å². The van der Waals surface area contributed by atoms with Gasteiger partial charge in [0.25, 0.3) is 0 Å². The SMILES string of the molecule is O=C(CC(=O)Nc1nc(-c2ccccc2)cs1)N/N=C/c1ccc(N(CCCl)CCCl)cc1. The number of thiazole rings is 1. The summed E-state index contributed by atoms with van der Waals surface area (Å²) in [6, 6.07) is 17.3. The van der Waals surface area contributed by atoms with E-state index in [1.165, 1.54) is 17.6 Å². The highest BCUT2D eigenvalue weighted by molar-refractivity contribution is 7.14. The summed E-state index contributed by atoms with van der Waals surface area (Å²) in [6.07, 6.45) is 1.16. The van der Waals surface area contributed by atoms with Crippen LogP contribution in [-0.4, -0.2) is 47.9 Å². The predicted molar refractivity (Wildman–Crippen MR) is 137 cm³/mol. The minimum Gasteiger partial charge on any atom is -0.369 e. The van der Waals surface area contributed by atoms with E-state index in [0.29, 0.717) is 30.0 Å². The molecule has 7 nitrogen and oxygen atoms in total. The van der Waals surface area contributed by atoms with Gasteiger partial charge in [0.2, 0.25) is 11.8 Å². The molecule has 172 valence electrons. The molecule has 3 rings (SSSR count). The van der Waals surface area contributed by atoms with Gasteiger partial charge in [0.1, 0.15) is 6.42 Å². The first-order valence-corrected chi connectivity index (χ1v) is 12.1. The van der Waals surface area contributed by atoms with E-state index in [4.69, 9.17) is 23.2 Å². The summed E-state index contributed by atoms with van der Waals surface area (Å²) in [6.45, 7) is 1.41. The van der Waals surface area contributed by atoms with Gasteiger partial charge in [-0.25, -0.2) is 10.4 Å². The van der Waals surface area contributed by atoms with Gasteiger partial charge in [-0.3, -0.25) is 9.59 Å². The maximum absolute atomic E-state index is 12.1. The molecule has 0 fully saturated rings. The summed E-state index contributed by atoms with van der Waals surface area (Å²) in [5.41, 5.74) is 5.90. The molecule has 2 N–H and O–H groups in total. The van der Waals surface area contributed by atoms with E-state index in [1.54, 1.807) is 0 Å². The number of carbonyl (C=O) groups excluding carboxylic acids is 2. The molecule has 0 aliphatic rings. The number of alkyl halides is 2. The zero-order chi connectivity index (χ0) is 23.5. The topological polar surface area (TPSA) is 86.7 Å². The van der Waals surface area contributed by atoms with Crippen LogP contribution in [0.25, 0.3) is 11.3 Å². The van der Waals surface area contributed by atoms with Gasteiger partial charge in [-0.2, -0.15) is 5.10 Å². The molecule has 10 heteroatoms. The molecule has 0 saturated carbocycles. The van der Waals surface area contributed by atoms with E-state index in [1.807, 2.05) is 60.0 Å². The average Bonchev–Trinajstić information content (AvgIpc) is 3.28. The van der Waals surface area contributed by atoms with Crippen molar-refractivity contribution < 1.29 is 9.59 Å². The fourth-order valence-corrected chi connectivity index (χ4v) is 4.09. The number of halogens is 2. The Morgan fingerprint density at radius 1 is 1.00 bits per heavy atom. The standard InChI is InChI=1S/C23H23Cl2N5O2S/c24-10-12-30(13-11-25)19-8-6-17(7-9-19)15-26-29-22(32)14-21(31)28-23-27-20(16-33-23)18-4-2-1-3-5-18/h1-9,15-16H,10-14H2,(H,29,32)(H,27,28,31)/b26-15+. The number of amides is 2. The Bertz CT molecular complexity index is 1070. The number of nitrogens with zero attached hydrogens (tertiary/aromatic N) is 3. The Morgan fingerprint density at radius 3 is 2.36 bits per heavy atom. The summed E-state index contributed by atoms with van der Waals surface area (Å²) in [4.78, 5) is 30.6. The molecule has 0 aliphatic heterocycles. The quantitative estimate of drug-likeness (QED) is 0.173. The molecule has 0 radical (unpaired) electrons. The highest BCUT2D eigenvalue weighted by atomic mass is 35.5. The van der Waals surface area contributed by atoms with Gasteiger partial charge in [-0.05, 0) is 17.7 Å². The largest absolute Gasteiger partial charge is 0.369 e. The molecule has 0 bridgehead atoms. The van der Waals surface area contributed by atoms with E-state index in [-0.39, 0.29) is 6.42 Å². The van der Waals surface area contributed by atoms with Gasteiger partial charge in [-0.1, -0.05) is 42.5 Å². The van der Waals surface area contributed by atoms with Crippen LogP contribution < -0.4 is 15.6 Å². The molecule has 3 aromatic rings. The van der Waals surface area contributed by atoms with Gasteiger partial charge >= 0.3 is 0 Å². The molecule has 0 saturated heterocycles. The number of nitrogens with one attached hydrogen (secondary N) is 2. The number of carbonyl (C=O) groups is 2. The molecule has 2 aromatic carbocycles. The van der Waals surface area contributed by atoms with Crippen molar-refractivity contribution in [3.05, 3.63) is 65.5 Å². The van der Waals surface area contributed by atoms with Gasteiger partial charge in [-0.15, -0.1) is 34.5 Å². The molecule has 0 unspecified atom stereocenters. The van der Waals surface area contributed by atoms with Crippen molar-refractivity contribution in [2.45, 2.75) is 6.42 Å². The molecular weight excluding hydrogens is 481 g/mol. The minimum absolute atomic E-state index is 0.359. The number of hydrogen-bond acceptors (Lipinski definition) is 6. The third-order valence-electron chi connectivity index (χ3n) is 4.51. The Kier molecular flexibility index (Phi) is 9.68. The number of aromatic nitrogens is 1. The lowest BCUT2D eigenvalue weighted by atomic mass is 10.2. The van der Waals surface area contributed by atoms with E-state index < -0.39 is 11.8 Å². The third-order valence-corrected chi connectivity index (χ3v) is 5.61. The Hall–Kier alpha value is -2.94. The Morgan fingerprint density at radius 2 is 1.70 bits per heavy atom. The van der Waals surface area contributed by atoms with Crippen LogP contribution in [-0.2, 0) is 9.59 Å². The van der Waals surface area contributed by atoms with E-state index >= 15 is 0 Å². The molecule has 2 amide bonds. The van der Waals surface area contributed by atoms with Crippen molar-refractivity contribution >= 4 is 63.4 Å². The fourth-order valence-electron chi connectivity index (χ4n) is 2.95. The van der Waals surface area contributed by atoms with Crippen LogP contribution in [0.5, 0.6) is 0 Å². The number of hydrazone groups is 1. The first-order valence-electron chi connectivity index (χ1n) is 10.2. The van der Waals surface area contributed by atoms with Crippen LogP contribution in [0, 0.1) is 0 Å². The van der Waals surface area contributed by atoms with Gasteiger partial charge in [0.05, 0.1) is 11.9 Å². The van der Waals surface area contributed by atoms with Crippen LogP contribution in [0.3, 0.4) is 0 Å². The minimum atomic E-state index is -0.518. The highest BCUT2D eigenvalue weighted by Crippen LogP contribution is 2.24. The number of rotatable bonds is 11. The van der Waals surface area contributed by atoms with Gasteiger partial charge in [0, 0.05) is 41.5 Å². The monoisotopic (exact) mass is 503 g/mol. The number of hydrogen-bond donors (Lipinski definition) is 2. The van der Waals surface area contributed by atoms with Crippen molar-refractivity contribution in [1.82, 2.24) is 10.4 Å². The molecular formula is C23H23Cl2N5O2S. The summed E-state index contributed by atoms with van der Waals surface area (Å²) < 4.78 is 0. The normalized spacial score (nSPS) is 10.8. The smallest absolute Gasteiger partial charge is 0.249 e. The van der Waals surface area contributed by atoms with Crippen molar-refractivity contribution in [3.63, 3.8) is 0 Å². The van der Waals surface area contributed by atoms with E-state index in [2.05, 4.69) is 25.7 Å². The van der Waals surface area contributed by atoms with Crippen molar-refractivity contribution in [1.29, 1.82) is 0 Å². The molecule has 0 atom stereocenters. The molecule has 1 aromatic heterocycles. The zero-order valence-electron chi connectivity index (χ0n) is 17.7. The molecule has 0 spiro atoms. The fraction of sp³-hybridized carbons (Fsp3) is 0.217. The van der Waals surface area contributed by atoms with Gasteiger partial charge < -0.3 is 10.2 Å². The van der Waals surface area contributed by atoms with E-state index in [9.17, 15) is 9.59 Å². The van der Waals surface area contributed by atoms with Crippen LogP contribution in [0.15, 0.2) is 65.1 Å². The summed E-state index contributed by atoms with van der Waals surface area (Å²) in [5, 5.41) is 8.85. The lowest BCUT2D eigenvalue weighted by Crippen LogP contribution is -2.27. The first-order chi connectivity index (χ1) is 16.1. The lowest BCUT2D eigenvalue weighted by Gasteiger charge is -2.22. The highest BCUT2D eigenvalue weighted by Gasteiger charge is 2.12. The third kappa shape index (κ3) is 7.85. The van der Waals surface area contributed by atoms with Crippen molar-refractivity contribution in [2.75, 3.05) is 35.1 Å². The van der Waals surface area contributed by atoms with Gasteiger partial charge in [0.15, 0.2) is 5.13 Å². The Balaban J connectivity index is 1.46. The second-order valence-corrected chi connectivity index (χ2v) is 8.49. The second kappa shape index (κ2) is 12.9. The first kappa shape index (κ1) is 24.7. The summed E-state index contributed by atoms with van der Waals surface area (Å²) >= 11 is 13.0. The van der Waals surface area contributed by atoms with Crippen molar-refractivity contribution in [3.8, 4) is 11.3 Å². The molecule has 1 heterocycles. The zero-order valence-corrected chi connectivity index (χ0v) is 20.0. The number of benzene rings is 2. The summed E-state index contributed by atoms with van der Waals surface area (Å²) in [7, 11) is 0. The maximum Gasteiger partial charge on any atom is 0.249 e. The Labute approximate surface area is 206 Å². The number of anilines is 2. The average molecular weight is 504 g/mol. The molecule has 33 heavy (non-hydrogen) atoms. The summed E-state index contributed by atoms with van der Waals surface area (Å²) in [5.74, 6) is 0.0441. The van der Waals surface area contributed by atoms with Crippen LogP contribution in [0.2, 0.25) is 0 Å². The van der Waals surface area contributed by atoms with Crippen LogP contribution in [0.4, 0.5) is 10.8 Å². The van der Waals surface area contributed by atoms with E-state index in [0.717, 1.165) is 22.5 Å². The second-order valence-electron chi connectivity index (χ2n) is 6.88. The lowest BCUT2D eigenvalue weighted by molar-refractivity contribution is -0.126. The van der Waals surface area contributed by atoms with Crippen LogP contribution >= 0.6 is 34.5 Å².